The van der Waals surface area contributed by atoms with Crippen LogP contribution in [-0.2, 0) is 9.53 Å². The number of carbonyl (C=O) groups excluding carboxylic acids is 1. The second-order valence-electron chi connectivity index (χ2n) is 6.82. The van der Waals surface area contributed by atoms with E-state index >= 15 is 0 Å². The molecule has 0 aromatic rings. The Morgan fingerprint density at radius 2 is 1.72 bits per heavy atom. The largest absolute Gasteiger partial charge is 0.465 e. The van der Waals surface area contributed by atoms with E-state index in [9.17, 15) is 4.79 Å². The van der Waals surface area contributed by atoms with Gasteiger partial charge in [0.05, 0.1) is 6.61 Å². The molecule has 4 saturated carbocycles. The van der Waals surface area contributed by atoms with Gasteiger partial charge in [0.25, 0.3) is 0 Å². The molecule has 4 bridgehead atoms. The van der Waals surface area contributed by atoms with Gasteiger partial charge < -0.3 is 4.74 Å². The highest BCUT2D eigenvalue weighted by molar-refractivity contribution is 5.75. The van der Waals surface area contributed by atoms with Crippen LogP contribution in [0.4, 0.5) is 0 Å². The number of esters is 1. The van der Waals surface area contributed by atoms with Crippen LogP contribution in [0.15, 0.2) is 0 Å². The fraction of sp³-hybridized carbons (Fsp3) is 0.933. The van der Waals surface area contributed by atoms with Gasteiger partial charge in [0.2, 0.25) is 0 Å². The molecule has 0 aromatic carbocycles. The molecule has 3 heteroatoms. The van der Waals surface area contributed by atoms with E-state index in [0.29, 0.717) is 6.61 Å². The summed E-state index contributed by atoms with van der Waals surface area (Å²) >= 11 is 0. The molecular weight excluding hydrogens is 226 g/mol. The van der Waals surface area contributed by atoms with E-state index in [0.717, 1.165) is 17.8 Å². The first-order valence-corrected chi connectivity index (χ1v) is 7.54. The Labute approximate surface area is 110 Å². The Bertz CT molecular complexity index is 304. The third-order valence-corrected chi connectivity index (χ3v) is 5.20. The summed E-state index contributed by atoms with van der Waals surface area (Å²) in [4.78, 5) is 11.8. The van der Waals surface area contributed by atoms with Crippen molar-refractivity contribution in [3.8, 4) is 0 Å². The molecule has 0 aromatic heterocycles. The molecule has 4 aliphatic rings. The summed E-state index contributed by atoms with van der Waals surface area (Å²) in [6.45, 7) is 4.30. The van der Waals surface area contributed by atoms with Gasteiger partial charge in [-0.2, -0.15) is 0 Å². The van der Waals surface area contributed by atoms with E-state index in [-0.39, 0.29) is 17.6 Å². The number of rotatable bonds is 4. The molecule has 0 heterocycles. The van der Waals surface area contributed by atoms with E-state index in [1.54, 1.807) is 0 Å². The lowest BCUT2D eigenvalue weighted by Gasteiger charge is -2.57. The average molecular weight is 251 g/mol. The number of hydrogen-bond donors (Lipinski definition) is 1. The molecule has 4 aliphatic carbocycles. The number of ether oxygens (including phenoxy) is 1. The molecular formula is C15H25NO2. The van der Waals surface area contributed by atoms with Crippen LogP contribution in [0.2, 0.25) is 0 Å². The lowest BCUT2D eigenvalue weighted by molar-refractivity contribution is -0.147. The molecule has 102 valence electrons. The van der Waals surface area contributed by atoms with Gasteiger partial charge in [0.15, 0.2) is 0 Å². The van der Waals surface area contributed by atoms with Gasteiger partial charge in [-0.3, -0.25) is 10.1 Å². The van der Waals surface area contributed by atoms with Crippen LogP contribution in [-0.4, -0.2) is 24.2 Å². The summed E-state index contributed by atoms with van der Waals surface area (Å²) in [5.74, 6) is 2.66. The topological polar surface area (TPSA) is 38.3 Å². The first-order chi connectivity index (χ1) is 8.60. The summed E-state index contributed by atoms with van der Waals surface area (Å²) in [7, 11) is 0. The maximum Gasteiger partial charge on any atom is 0.322 e. The second kappa shape index (κ2) is 4.52. The van der Waals surface area contributed by atoms with Crippen molar-refractivity contribution in [1.82, 2.24) is 5.32 Å². The van der Waals surface area contributed by atoms with Gasteiger partial charge in [-0.1, -0.05) is 0 Å². The molecule has 1 atom stereocenters. The quantitative estimate of drug-likeness (QED) is 0.780. The first kappa shape index (κ1) is 12.5. The van der Waals surface area contributed by atoms with Gasteiger partial charge in [0.1, 0.15) is 6.04 Å². The molecule has 0 aliphatic heterocycles. The van der Waals surface area contributed by atoms with E-state index < -0.39 is 0 Å². The minimum Gasteiger partial charge on any atom is -0.465 e. The highest BCUT2D eigenvalue weighted by atomic mass is 16.5. The highest BCUT2D eigenvalue weighted by Gasteiger charge is 2.51. The maximum atomic E-state index is 11.8. The summed E-state index contributed by atoms with van der Waals surface area (Å²) in [5.41, 5.74) is 0.251. The molecule has 0 spiro atoms. The van der Waals surface area contributed by atoms with E-state index in [2.05, 4.69) is 5.32 Å². The van der Waals surface area contributed by atoms with Crippen molar-refractivity contribution in [3.05, 3.63) is 0 Å². The Hall–Kier alpha value is -0.570. The average Bonchev–Trinajstić information content (AvgIpc) is 2.26. The molecule has 4 rings (SSSR count). The van der Waals surface area contributed by atoms with Gasteiger partial charge in [0, 0.05) is 5.54 Å². The zero-order valence-electron chi connectivity index (χ0n) is 11.6. The monoisotopic (exact) mass is 251 g/mol. The van der Waals surface area contributed by atoms with E-state index in [4.69, 9.17) is 4.74 Å². The van der Waals surface area contributed by atoms with Gasteiger partial charge in [-0.05, 0) is 70.1 Å². The van der Waals surface area contributed by atoms with Crippen molar-refractivity contribution in [3.63, 3.8) is 0 Å². The molecule has 0 saturated heterocycles. The maximum absolute atomic E-state index is 11.8. The third-order valence-electron chi connectivity index (χ3n) is 5.20. The second-order valence-corrected chi connectivity index (χ2v) is 6.82. The van der Waals surface area contributed by atoms with Crippen LogP contribution in [0, 0.1) is 17.8 Å². The van der Waals surface area contributed by atoms with Crippen LogP contribution in [0.5, 0.6) is 0 Å². The van der Waals surface area contributed by atoms with Crippen molar-refractivity contribution in [2.24, 2.45) is 17.8 Å². The molecule has 1 N–H and O–H groups in total. The summed E-state index contributed by atoms with van der Waals surface area (Å²) in [6.07, 6.45) is 8.16. The minimum absolute atomic E-state index is 0.0896. The van der Waals surface area contributed by atoms with E-state index in [1.165, 1.54) is 38.5 Å². The summed E-state index contributed by atoms with van der Waals surface area (Å²) in [5, 5.41) is 3.63. The smallest absolute Gasteiger partial charge is 0.322 e. The molecule has 0 amide bonds. The zero-order chi connectivity index (χ0) is 12.8. The Kier molecular flexibility index (Phi) is 3.13. The van der Waals surface area contributed by atoms with Gasteiger partial charge >= 0.3 is 5.97 Å². The lowest BCUT2D eigenvalue weighted by Crippen LogP contribution is -2.61. The van der Waals surface area contributed by atoms with Crippen molar-refractivity contribution < 1.29 is 9.53 Å². The Morgan fingerprint density at radius 3 is 2.17 bits per heavy atom. The van der Waals surface area contributed by atoms with Gasteiger partial charge in [-0.25, -0.2) is 0 Å². The SMILES string of the molecule is CCOC(=O)C(C)NC12CC3CC(CC(C3)C1)C2. The first-order valence-electron chi connectivity index (χ1n) is 7.54. The Balaban J connectivity index is 1.66. The predicted molar refractivity (Wildman–Crippen MR) is 70.1 cm³/mol. The van der Waals surface area contributed by atoms with Crippen LogP contribution in [0.1, 0.15) is 52.4 Å². The standard InChI is InChI=1S/C15H25NO2/c1-3-18-14(17)10(2)16-15-7-11-4-12(8-15)6-13(5-11)9-15/h10-13,16H,3-9H2,1-2H3. The highest BCUT2D eigenvalue weighted by Crippen LogP contribution is 2.55. The Morgan fingerprint density at radius 1 is 1.22 bits per heavy atom. The van der Waals surface area contributed by atoms with Crippen molar-refractivity contribution in [1.29, 1.82) is 0 Å². The number of carbonyl (C=O) groups is 1. The molecule has 3 nitrogen and oxygen atoms in total. The molecule has 0 radical (unpaired) electrons. The fourth-order valence-corrected chi connectivity index (χ4v) is 5.07. The molecule has 1 unspecified atom stereocenters. The summed E-state index contributed by atoms with van der Waals surface area (Å²) < 4.78 is 5.12. The minimum atomic E-state index is -0.152. The number of nitrogens with one attached hydrogen (secondary N) is 1. The van der Waals surface area contributed by atoms with E-state index in [1.807, 2.05) is 13.8 Å². The lowest BCUT2D eigenvalue weighted by atomic mass is 9.53. The van der Waals surface area contributed by atoms with Crippen LogP contribution in [0.25, 0.3) is 0 Å². The number of hydrogen-bond acceptors (Lipinski definition) is 3. The summed E-state index contributed by atoms with van der Waals surface area (Å²) in [6, 6.07) is -0.152. The third kappa shape index (κ3) is 2.18. The zero-order valence-corrected chi connectivity index (χ0v) is 11.6. The van der Waals surface area contributed by atoms with Gasteiger partial charge in [-0.15, -0.1) is 0 Å². The van der Waals surface area contributed by atoms with Crippen LogP contribution < -0.4 is 5.32 Å². The fourth-order valence-electron chi connectivity index (χ4n) is 5.07. The molecule has 18 heavy (non-hydrogen) atoms. The van der Waals surface area contributed by atoms with Crippen LogP contribution in [0.3, 0.4) is 0 Å². The molecule has 4 fully saturated rings. The van der Waals surface area contributed by atoms with Crippen molar-refractivity contribution in [2.75, 3.05) is 6.61 Å². The van der Waals surface area contributed by atoms with Crippen molar-refractivity contribution >= 4 is 5.97 Å². The normalized spacial score (nSPS) is 42.9. The van der Waals surface area contributed by atoms with Crippen molar-refractivity contribution in [2.45, 2.75) is 64.0 Å². The predicted octanol–water partition coefficient (Wildman–Crippen LogP) is 2.50. The van der Waals surface area contributed by atoms with Crippen LogP contribution >= 0.6 is 0 Å².